The topological polar surface area (TPSA) is 67.8 Å². The fourth-order valence-corrected chi connectivity index (χ4v) is 2.05. The standard InChI is InChI=1S/C14H12BrFN2O2/c1-8-3-2-4-10(14(17)18-19)13(8)20-12-7-9(15)5-6-11(12)16/h2-7,19H,1H3,(H2,17,18). The Bertz CT molecular complexity index is 674. The first-order chi connectivity index (χ1) is 9.52. The van der Waals surface area contributed by atoms with Crippen molar-refractivity contribution in [3.05, 3.63) is 57.8 Å². The van der Waals surface area contributed by atoms with Crippen LogP contribution >= 0.6 is 15.9 Å². The summed E-state index contributed by atoms with van der Waals surface area (Å²) >= 11 is 3.25. The zero-order chi connectivity index (χ0) is 14.7. The van der Waals surface area contributed by atoms with Crippen molar-refractivity contribution in [2.45, 2.75) is 6.92 Å². The Morgan fingerprint density at radius 3 is 2.80 bits per heavy atom. The van der Waals surface area contributed by atoms with Crippen molar-refractivity contribution in [1.29, 1.82) is 0 Å². The Morgan fingerprint density at radius 2 is 2.10 bits per heavy atom. The Hall–Kier alpha value is -2.08. The quantitative estimate of drug-likeness (QED) is 0.387. The summed E-state index contributed by atoms with van der Waals surface area (Å²) in [5, 5.41) is 11.7. The molecular formula is C14H12BrFN2O2. The van der Waals surface area contributed by atoms with Crippen molar-refractivity contribution in [1.82, 2.24) is 0 Å². The van der Waals surface area contributed by atoms with Crippen LogP contribution in [0.3, 0.4) is 0 Å². The van der Waals surface area contributed by atoms with Gasteiger partial charge in [0.2, 0.25) is 0 Å². The summed E-state index contributed by atoms with van der Waals surface area (Å²) in [5.74, 6) is -0.193. The number of halogens is 2. The van der Waals surface area contributed by atoms with E-state index < -0.39 is 5.82 Å². The van der Waals surface area contributed by atoms with Crippen molar-refractivity contribution in [2.24, 2.45) is 10.9 Å². The third-order valence-electron chi connectivity index (χ3n) is 2.70. The van der Waals surface area contributed by atoms with Gasteiger partial charge >= 0.3 is 0 Å². The summed E-state index contributed by atoms with van der Waals surface area (Å²) < 4.78 is 20.0. The second-order valence-corrected chi connectivity index (χ2v) is 5.03. The largest absolute Gasteiger partial charge is 0.453 e. The van der Waals surface area contributed by atoms with E-state index in [2.05, 4.69) is 21.1 Å². The van der Waals surface area contributed by atoms with Gasteiger partial charge in [-0.25, -0.2) is 4.39 Å². The third kappa shape index (κ3) is 2.91. The smallest absolute Gasteiger partial charge is 0.173 e. The fourth-order valence-electron chi connectivity index (χ4n) is 1.71. The van der Waals surface area contributed by atoms with E-state index in [1.54, 1.807) is 31.2 Å². The number of hydrogen-bond donors (Lipinski definition) is 2. The minimum absolute atomic E-state index is 0.0562. The molecule has 0 amide bonds. The number of hydrogen-bond acceptors (Lipinski definition) is 3. The minimum Gasteiger partial charge on any atom is -0.453 e. The van der Waals surface area contributed by atoms with Gasteiger partial charge in [-0.1, -0.05) is 33.2 Å². The highest BCUT2D eigenvalue weighted by Gasteiger charge is 2.14. The molecule has 0 aliphatic heterocycles. The van der Waals surface area contributed by atoms with E-state index in [1.165, 1.54) is 12.1 Å². The van der Waals surface area contributed by atoms with Gasteiger partial charge in [0.15, 0.2) is 17.4 Å². The first-order valence-corrected chi connectivity index (χ1v) is 6.52. The van der Waals surface area contributed by atoms with E-state index in [-0.39, 0.29) is 11.6 Å². The molecule has 0 aromatic heterocycles. The molecule has 0 aliphatic rings. The average Bonchev–Trinajstić information content (AvgIpc) is 2.44. The Labute approximate surface area is 123 Å². The summed E-state index contributed by atoms with van der Waals surface area (Å²) in [6, 6.07) is 9.54. The zero-order valence-corrected chi connectivity index (χ0v) is 12.2. The molecule has 4 nitrogen and oxygen atoms in total. The SMILES string of the molecule is Cc1cccc(/C(N)=N/O)c1Oc1cc(Br)ccc1F. The maximum Gasteiger partial charge on any atom is 0.173 e. The summed E-state index contributed by atoms with van der Waals surface area (Å²) in [4.78, 5) is 0. The number of nitrogens with zero attached hydrogens (tertiary/aromatic N) is 1. The highest BCUT2D eigenvalue weighted by atomic mass is 79.9. The second-order valence-electron chi connectivity index (χ2n) is 4.11. The van der Waals surface area contributed by atoms with Gasteiger partial charge in [-0.3, -0.25) is 0 Å². The first kappa shape index (κ1) is 14.3. The van der Waals surface area contributed by atoms with Gasteiger partial charge in [0.25, 0.3) is 0 Å². The van der Waals surface area contributed by atoms with E-state index in [9.17, 15) is 4.39 Å². The van der Waals surface area contributed by atoms with Gasteiger partial charge in [-0.15, -0.1) is 0 Å². The first-order valence-electron chi connectivity index (χ1n) is 5.73. The number of rotatable bonds is 3. The molecule has 0 heterocycles. The molecular weight excluding hydrogens is 327 g/mol. The van der Waals surface area contributed by atoms with Crippen LogP contribution in [0.5, 0.6) is 11.5 Å². The maximum atomic E-state index is 13.7. The second kappa shape index (κ2) is 5.92. The van der Waals surface area contributed by atoms with Crippen LogP contribution in [-0.2, 0) is 0 Å². The van der Waals surface area contributed by atoms with Crippen LogP contribution in [0.2, 0.25) is 0 Å². The highest BCUT2D eigenvalue weighted by Crippen LogP contribution is 2.32. The van der Waals surface area contributed by atoms with Crippen LogP contribution in [0.1, 0.15) is 11.1 Å². The van der Waals surface area contributed by atoms with Crippen molar-refractivity contribution in [2.75, 3.05) is 0 Å². The number of benzene rings is 2. The molecule has 3 N–H and O–H groups in total. The normalized spacial score (nSPS) is 11.4. The molecule has 0 saturated carbocycles. The van der Waals surface area contributed by atoms with E-state index in [0.717, 1.165) is 5.56 Å². The molecule has 0 saturated heterocycles. The molecule has 0 radical (unpaired) electrons. The van der Waals surface area contributed by atoms with Gasteiger partial charge in [0, 0.05) is 4.47 Å². The van der Waals surface area contributed by atoms with Gasteiger partial charge in [-0.2, -0.15) is 0 Å². The monoisotopic (exact) mass is 338 g/mol. The van der Waals surface area contributed by atoms with Crippen molar-refractivity contribution < 1.29 is 14.3 Å². The third-order valence-corrected chi connectivity index (χ3v) is 3.19. The molecule has 6 heteroatoms. The van der Waals surface area contributed by atoms with Crippen LogP contribution in [0, 0.1) is 12.7 Å². The Morgan fingerprint density at radius 1 is 1.35 bits per heavy atom. The molecule has 0 aliphatic carbocycles. The van der Waals surface area contributed by atoms with Crippen molar-refractivity contribution in [3.63, 3.8) is 0 Å². The minimum atomic E-state index is -0.498. The maximum absolute atomic E-state index is 13.7. The molecule has 2 aromatic rings. The molecule has 20 heavy (non-hydrogen) atoms. The lowest BCUT2D eigenvalue weighted by Crippen LogP contribution is -2.14. The van der Waals surface area contributed by atoms with E-state index in [0.29, 0.717) is 15.8 Å². The zero-order valence-electron chi connectivity index (χ0n) is 10.6. The molecule has 0 unspecified atom stereocenters. The van der Waals surface area contributed by atoms with E-state index >= 15 is 0 Å². The molecule has 0 spiro atoms. The Balaban J connectivity index is 2.50. The summed E-state index contributed by atoms with van der Waals surface area (Å²) in [6.07, 6.45) is 0. The number of ether oxygens (including phenoxy) is 1. The summed E-state index contributed by atoms with van der Waals surface area (Å²) in [7, 11) is 0. The van der Waals surface area contributed by atoms with Crippen LogP contribution in [0.15, 0.2) is 46.0 Å². The number of para-hydroxylation sites is 1. The molecule has 2 rings (SSSR count). The molecule has 0 bridgehead atoms. The molecule has 104 valence electrons. The molecule has 0 fully saturated rings. The van der Waals surface area contributed by atoms with Gasteiger partial charge in [0.1, 0.15) is 5.75 Å². The number of nitrogens with two attached hydrogens (primary N) is 1. The lowest BCUT2D eigenvalue weighted by molar-refractivity contribution is 0.318. The van der Waals surface area contributed by atoms with Gasteiger partial charge in [-0.05, 0) is 36.8 Å². The van der Waals surface area contributed by atoms with E-state index in [1.807, 2.05) is 0 Å². The van der Waals surface area contributed by atoms with Crippen LogP contribution in [0.25, 0.3) is 0 Å². The summed E-state index contributed by atoms with van der Waals surface area (Å²) in [5.41, 5.74) is 6.74. The molecule has 0 atom stereocenters. The summed E-state index contributed by atoms with van der Waals surface area (Å²) in [6.45, 7) is 1.79. The van der Waals surface area contributed by atoms with E-state index in [4.69, 9.17) is 15.7 Å². The van der Waals surface area contributed by atoms with Crippen LogP contribution in [-0.4, -0.2) is 11.0 Å². The van der Waals surface area contributed by atoms with Crippen LogP contribution < -0.4 is 10.5 Å². The number of aryl methyl sites for hydroxylation is 1. The average molecular weight is 339 g/mol. The number of amidine groups is 1. The number of oxime groups is 1. The lowest BCUT2D eigenvalue weighted by atomic mass is 10.1. The Kier molecular flexibility index (Phi) is 4.24. The van der Waals surface area contributed by atoms with Crippen molar-refractivity contribution >= 4 is 21.8 Å². The van der Waals surface area contributed by atoms with Crippen molar-refractivity contribution in [3.8, 4) is 11.5 Å². The molecule has 2 aromatic carbocycles. The predicted octanol–water partition coefficient (Wildman–Crippen LogP) is 3.78. The fraction of sp³-hybridized carbons (Fsp3) is 0.0714. The van der Waals surface area contributed by atoms with Crippen LogP contribution in [0.4, 0.5) is 4.39 Å². The van der Waals surface area contributed by atoms with Gasteiger partial charge in [0.05, 0.1) is 5.56 Å². The van der Waals surface area contributed by atoms with Gasteiger partial charge < -0.3 is 15.7 Å². The lowest BCUT2D eigenvalue weighted by Gasteiger charge is -2.13. The predicted molar refractivity (Wildman–Crippen MR) is 77.9 cm³/mol. The highest BCUT2D eigenvalue weighted by molar-refractivity contribution is 9.10.